The Balaban J connectivity index is 2.37. The maximum absolute atomic E-state index is 11.7. The molecule has 0 aromatic carbocycles. The SMILES string of the molecule is CC(C)(C)OC(=O)N1CC[C@@H]1CCC(=O)O. The molecule has 1 aliphatic rings. The first-order valence-corrected chi connectivity index (χ1v) is 5.51. The number of amides is 1. The lowest BCUT2D eigenvalue weighted by Gasteiger charge is -2.41. The average Bonchev–Trinajstić information content (AvgIpc) is 1.96. The Hall–Kier alpha value is -1.26. The maximum atomic E-state index is 11.7. The summed E-state index contributed by atoms with van der Waals surface area (Å²) in [6, 6.07) is 0.0333. The van der Waals surface area contributed by atoms with Crippen LogP contribution in [0.3, 0.4) is 0 Å². The van der Waals surface area contributed by atoms with Gasteiger partial charge in [-0.05, 0) is 33.6 Å². The third-order valence-corrected chi connectivity index (χ3v) is 2.46. The van der Waals surface area contributed by atoms with E-state index >= 15 is 0 Å². The number of aliphatic carboxylic acids is 1. The molecular weight excluding hydrogens is 210 g/mol. The molecule has 1 saturated heterocycles. The second-order valence-electron chi connectivity index (χ2n) is 5.05. The van der Waals surface area contributed by atoms with Gasteiger partial charge in [0, 0.05) is 19.0 Å². The second kappa shape index (κ2) is 4.72. The molecule has 1 atom stereocenters. The van der Waals surface area contributed by atoms with Crippen molar-refractivity contribution < 1.29 is 19.4 Å². The molecule has 0 bridgehead atoms. The molecule has 16 heavy (non-hydrogen) atoms. The first-order chi connectivity index (χ1) is 7.29. The predicted octanol–water partition coefficient (Wildman–Crippen LogP) is 1.86. The first-order valence-electron chi connectivity index (χ1n) is 5.51. The summed E-state index contributed by atoms with van der Waals surface area (Å²) in [5.41, 5.74) is -0.496. The molecule has 1 amide bonds. The minimum absolute atomic E-state index is 0.0333. The number of rotatable bonds is 3. The highest BCUT2D eigenvalue weighted by molar-refractivity contribution is 5.70. The van der Waals surface area contributed by atoms with E-state index in [1.54, 1.807) is 4.90 Å². The molecule has 1 aliphatic heterocycles. The number of likely N-dealkylation sites (tertiary alicyclic amines) is 1. The van der Waals surface area contributed by atoms with E-state index in [1.165, 1.54) is 0 Å². The molecule has 5 nitrogen and oxygen atoms in total. The highest BCUT2D eigenvalue weighted by Gasteiger charge is 2.34. The third kappa shape index (κ3) is 3.72. The van der Waals surface area contributed by atoms with E-state index in [2.05, 4.69) is 0 Å². The number of carboxylic acid groups (broad SMARTS) is 1. The Kier molecular flexibility index (Phi) is 3.78. The summed E-state index contributed by atoms with van der Waals surface area (Å²) in [7, 11) is 0. The maximum Gasteiger partial charge on any atom is 0.410 e. The molecule has 0 unspecified atom stereocenters. The molecule has 0 aliphatic carbocycles. The van der Waals surface area contributed by atoms with Gasteiger partial charge < -0.3 is 14.7 Å². The normalized spacial score (nSPS) is 20.2. The van der Waals surface area contributed by atoms with Gasteiger partial charge in [-0.3, -0.25) is 4.79 Å². The summed E-state index contributed by atoms with van der Waals surface area (Å²) in [6.45, 7) is 6.12. The van der Waals surface area contributed by atoms with E-state index in [0.717, 1.165) is 6.42 Å². The van der Waals surface area contributed by atoms with E-state index in [0.29, 0.717) is 13.0 Å². The molecule has 1 rings (SSSR count). The van der Waals surface area contributed by atoms with E-state index in [4.69, 9.17) is 9.84 Å². The molecule has 0 saturated carbocycles. The van der Waals surface area contributed by atoms with Crippen molar-refractivity contribution in [3.8, 4) is 0 Å². The number of carboxylic acids is 1. The Morgan fingerprint density at radius 1 is 1.44 bits per heavy atom. The summed E-state index contributed by atoms with van der Waals surface area (Å²) >= 11 is 0. The Morgan fingerprint density at radius 2 is 2.06 bits per heavy atom. The number of carbonyl (C=O) groups is 2. The summed E-state index contributed by atoms with van der Waals surface area (Å²) in [6.07, 6.45) is 1.14. The number of hydrogen-bond acceptors (Lipinski definition) is 3. The molecule has 0 aromatic rings. The highest BCUT2D eigenvalue weighted by Crippen LogP contribution is 2.24. The summed E-state index contributed by atoms with van der Waals surface area (Å²) in [5, 5.41) is 8.56. The lowest BCUT2D eigenvalue weighted by atomic mass is 9.99. The molecule has 92 valence electrons. The van der Waals surface area contributed by atoms with E-state index in [1.807, 2.05) is 20.8 Å². The van der Waals surface area contributed by atoms with Crippen molar-refractivity contribution in [1.82, 2.24) is 4.90 Å². The van der Waals surface area contributed by atoms with Crippen LogP contribution < -0.4 is 0 Å². The monoisotopic (exact) mass is 229 g/mol. The van der Waals surface area contributed by atoms with Crippen LogP contribution >= 0.6 is 0 Å². The van der Waals surface area contributed by atoms with Crippen molar-refractivity contribution in [3.05, 3.63) is 0 Å². The standard InChI is InChI=1S/C11H19NO4/c1-11(2,3)16-10(15)12-7-6-8(12)4-5-9(13)14/h8H,4-7H2,1-3H3,(H,13,14)/t8-/m0/s1. The summed E-state index contributed by atoms with van der Waals surface area (Å²) in [4.78, 5) is 23.7. The quantitative estimate of drug-likeness (QED) is 0.802. The minimum Gasteiger partial charge on any atom is -0.481 e. The molecule has 0 spiro atoms. The predicted molar refractivity (Wildman–Crippen MR) is 58.2 cm³/mol. The average molecular weight is 229 g/mol. The molecule has 1 heterocycles. The van der Waals surface area contributed by atoms with Gasteiger partial charge in [-0.25, -0.2) is 4.79 Å². The highest BCUT2D eigenvalue weighted by atomic mass is 16.6. The van der Waals surface area contributed by atoms with E-state index in [-0.39, 0.29) is 18.6 Å². The van der Waals surface area contributed by atoms with Crippen LogP contribution in [0.15, 0.2) is 0 Å². The molecule has 1 fully saturated rings. The molecule has 1 N–H and O–H groups in total. The van der Waals surface area contributed by atoms with Crippen molar-refractivity contribution in [1.29, 1.82) is 0 Å². The van der Waals surface area contributed by atoms with E-state index in [9.17, 15) is 9.59 Å². The van der Waals surface area contributed by atoms with E-state index < -0.39 is 11.6 Å². The molecular formula is C11H19NO4. The van der Waals surface area contributed by atoms with Crippen molar-refractivity contribution in [2.75, 3.05) is 6.54 Å². The first kappa shape index (κ1) is 12.8. The van der Waals surface area contributed by atoms with Crippen LogP contribution in [0.2, 0.25) is 0 Å². The fourth-order valence-electron chi connectivity index (χ4n) is 1.59. The summed E-state index contributed by atoms with van der Waals surface area (Å²) < 4.78 is 5.22. The lowest BCUT2D eigenvalue weighted by Crippen LogP contribution is -2.52. The van der Waals surface area contributed by atoms with Crippen LogP contribution in [0.5, 0.6) is 0 Å². The van der Waals surface area contributed by atoms with Crippen molar-refractivity contribution in [3.63, 3.8) is 0 Å². The van der Waals surface area contributed by atoms with Gasteiger partial charge in [0.15, 0.2) is 0 Å². The van der Waals surface area contributed by atoms with Crippen molar-refractivity contribution >= 4 is 12.1 Å². The van der Waals surface area contributed by atoms with Crippen LogP contribution in [0, 0.1) is 0 Å². The fourth-order valence-corrected chi connectivity index (χ4v) is 1.59. The Bertz CT molecular complexity index is 282. The second-order valence-corrected chi connectivity index (χ2v) is 5.05. The van der Waals surface area contributed by atoms with Crippen LogP contribution in [-0.2, 0) is 9.53 Å². The van der Waals surface area contributed by atoms with Crippen LogP contribution in [0.4, 0.5) is 4.79 Å². The largest absolute Gasteiger partial charge is 0.481 e. The molecule has 5 heteroatoms. The number of carbonyl (C=O) groups excluding carboxylic acids is 1. The van der Waals surface area contributed by atoms with Gasteiger partial charge in [0.1, 0.15) is 5.60 Å². The van der Waals surface area contributed by atoms with Gasteiger partial charge in [-0.1, -0.05) is 0 Å². The Labute approximate surface area is 95.4 Å². The molecule has 0 radical (unpaired) electrons. The van der Waals surface area contributed by atoms with Gasteiger partial charge in [0.2, 0.25) is 0 Å². The number of nitrogens with zero attached hydrogens (tertiary/aromatic N) is 1. The van der Waals surface area contributed by atoms with Gasteiger partial charge in [-0.2, -0.15) is 0 Å². The Morgan fingerprint density at radius 3 is 2.44 bits per heavy atom. The fraction of sp³-hybridized carbons (Fsp3) is 0.818. The zero-order valence-electron chi connectivity index (χ0n) is 10.0. The lowest BCUT2D eigenvalue weighted by molar-refractivity contribution is -0.137. The van der Waals surface area contributed by atoms with Crippen molar-refractivity contribution in [2.24, 2.45) is 0 Å². The minimum atomic E-state index is -0.823. The third-order valence-electron chi connectivity index (χ3n) is 2.46. The zero-order valence-corrected chi connectivity index (χ0v) is 10.0. The van der Waals surface area contributed by atoms with Crippen molar-refractivity contribution in [2.45, 2.75) is 51.7 Å². The van der Waals surface area contributed by atoms with Gasteiger partial charge >= 0.3 is 12.1 Å². The van der Waals surface area contributed by atoms with Crippen LogP contribution in [0.25, 0.3) is 0 Å². The van der Waals surface area contributed by atoms with Crippen LogP contribution in [0.1, 0.15) is 40.0 Å². The zero-order chi connectivity index (χ0) is 12.3. The van der Waals surface area contributed by atoms with Gasteiger partial charge in [-0.15, -0.1) is 0 Å². The van der Waals surface area contributed by atoms with Crippen LogP contribution in [-0.4, -0.2) is 40.3 Å². The molecule has 0 aromatic heterocycles. The number of hydrogen-bond donors (Lipinski definition) is 1. The smallest absolute Gasteiger partial charge is 0.410 e. The number of ether oxygens (including phenoxy) is 1. The van der Waals surface area contributed by atoms with Gasteiger partial charge in [0.25, 0.3) is 0 Å². The topological polar surface area (TPSA) is 66.8 Å². The summed E-state index contributed by atoms with van der Waals surface area (Å²) in [5.74, 6) is -0.823. The van der Waals surface area contributed by atoms with Gasteiger partial charge in [0.05, 0.1) is 0 Å².